The number of nitrogen functional groups attached to an aromatic ring is 1. The Morgan fingerprint density at radius 1 is 1.33 bits per heavy atom. The summed E-state index contributed by atoms with van der Waals surface area (Å²) >= 11 is 9.25. The lowest BCUT2D eigenvalue weighted by atomic mass is 10.2. The Balaban J connectivity index is 2.15. The molecular weight excluding hydrogens is 358 g/mol. The highest BCUT2D eigenvalue weighted by Gasteiger charge is 2.14. The maximum atomic E-state index is 12.1. The Labute approximate surface area is 135 Å². The molecule has 0 amide bonds. The van der Waals surface area contributed by atoms with Crippen molar-refractivity contribution in [2.24, 2.45) is 0 Å². The second-order valence-electron chi connectivity index (χ2n) is 4.23. The smallest absolute Gasteiger partial charge is 0.340 e. The quantitative estimate of drug-likeness (QED) is 0.651. The summed E-state index contributed by atoms with van der Waals surface area (Å²) in [6, 6.07) is 10.3. The molecule has 4 nitrogen and oxygen atoms in total. The van der Waals surface area contributed by atoms with Crippen LogP contribution in [0.15, 0.2) is 40.9 Å². The van der Waals surface area contributed by atoms with Gasteiger partial charge in [-0.3, -0.25) is 0 Å². The maximum Gasteiger partial charge on any atom is 0.340 e. The van der Waals surface area contributed by atoms with Crippen LogP contribution in [0.25, 0.3) is 0 Å². The lowest BCUT2D eigenvalue weighted by molar-refractivity contribution is 0.0471. The highest BCUT2D eigenvalue weighted by Crippen LogP contribution is 2.26. The number of hydrogen-bond acceptors (Lipinski definition) is 4. The minimum Gasteiger partial charge on any atom is -0.496 e. The molecule has 0 unspecified atom stereocenters. The highest BCUT2D eigenvalue weighted by molar-refractivity contribution is 9.10. The molecule has 6 heteroatoms. The lowest BCUT2D eigenvalue weighted by Gasteiger charge is -2.11. The second kappa shape index (κ2) is 6.83. The molecule has 21 heavy (non-hydrogen) atoms. The molecule has 0 saturated carbocycles. The molecule has 0 aliphatic carbocycles. The number of hydrogen-bond donors (Lipinski definition) is 1. The highest BCUT2D eigenvalue weighted by atomic mass is 79.9. The van der Waals surface area contributed by atoms with Crippen LogP contribution in [0.4, 0.5) is 5.69 Å². The number of carbonyl (C=O) groups excluding carboxylic acids is 1. The predicted octanol–water partition coefficient (Wildman–Crippen LogP) is 4.05. The molecule has 0 atom stereocenters. The molecule has 2 N–H and O–H groups in total. The molecule has 0 aliphatic heterocycles. The number of carbonyl (C=O) groups is 1. The fourth-order valence-corrected chi connectivity index (χ4v) is 2.38. The Morgan fingerprint density at radius 2 is 2.10 bits per heavy atom. The van der Waals surface area contributed by atoms with Gasteiger partial charge in [0.25, 0.3) is 0 Å². The summed E-state index contributed by atoms with van der Waals surface area (Å²) in [5.74, 6) is 0.113. The van der Waals surface area contributed by atoms with Crippen LogP contribution in [0, 0.1) is 0 Å². The van der Waals surface area contributed by atoms with Crippen molar-refractivity contribution in [2.75, 3.05) is 12.8 Å². The number of methoxy groups -OCH3 is 1. The first-order chi connectivity index (χ1) is 10.0. The Bertz CT molecular complexity index is 676. The fraction of sp³-hybridized carbons (Fsp3) is 0.133. The number of ether oxygens (including phenoxy) is 2. The number of halogens is 2. The van der Waals surface area contributed by atoms with Crippen LogP contribution in [0.5, 0.6) is 5.75 Å². The van der Waals surface area contributed by atoms with Crippen molar-refractivity contribution in [3.8, 4) is 5.75 Å². The zero-order chi connectivity index (χ0) is 15.4. The van der Waals surface area contributed by atoms with E-state index in [0.717, 1.165) is 10.0 Å². The first-order valence-electron chi connectivity index (χ1n) is 6.06. The van der Waals surface area contributed by atoms with Crippen molar-refractivity contribution >= 4 is 39.2 Å². The van der Waals surface area contributed by atoms with Gasteiger partial charge in [-0.25, -0.2) is 4.79 Å². The maximum absolute atomic E-state index is 12.1. The van der Waals surface area contributed by atoms with Crippen molar-refractivity contribution in [1.29, 1.82) is 0 Å². The average Bonchev–Trinajstić information content (AvgIpc) is 2.47. The van der Waals surface area contributed by atoms with E-state index in [-0.39, 0.29) is 17.9 Å². The molecule has 110 valence electrons. The average molecular weight is 371 g/mol. The van der Waals surface area contributed by atoms with E-state index >= 15 is 0 Å². The number of rotatable bonds is 4. The van der Waals surface area contributed by atoms with Gasteiger partial charge in [0.05, 0.1) is 23.4 Å². The van der Waals surface area contributed by atoms with Crippen molar-refractivity contribution in [3.05, 3.63) is 57.0 Å². The van der Waals surface area contributed by atoms with Gasteiger partial charge in [-0.1, -0.05) is 33.6 Å². The summed E-state index contributed by atoms with van der Waals surface area (Å²) in [5, 5.41) is 0.324. The van der Waals surface area contributed by atoms with Gasteiger partial charge in [-0.2, -0.15) is 0 Å². The normalized spacial score (nSPS) is 10.2. The van der Waals surface area contributed by atoms with Gasteiger partial charge in [0.15, 0.2) is 0 Å². The van der Waals surface area contributed by atoms with Crippen LogP contribution >= 0.6 is 27.5 Å². The van der Waals surface area contributed by atoms with Crippen molar-refractivity contribution in [1.82, 2.24) is 0 Å². The van der Waals surface area contributed by atoms with E-state index in [2.05, 4.69) is 15.9 Å². The minimum absolute atomic E-state index is 0.0768. The molecule has 0 bridgehead atoms. The van der Waals surface area contributed by atoms with Gasteiger partial charge in [0.1, 0.15) is 12.4 Å². The minimum atomic E-state index is -0.531. The Kier molecular flexibility index (Phi) is 5.09. The number of anilines is 1. The van der Waals surface area contributed by atoms with Gasteiger partial charge in [0, 0.05) is 10.0 Å². The number of esters is 1. The summed E-state index contributed by atoms with van der Waals surface area (Å²) in [6.45, 7) is 0.0768. The molecule has 0 aromatic heterocycles. The summed E-state index contributed by atoms with van der Waals surface area (Å²) in [4.78, 5) is 12.1. The molecule has 0 heterocycles. The van der Waals surface area contributed by atoms with E-state index in [4.69, 9.17) is 26.8 Å². The first kappa shape index (κ1) is 15.7. The van der Waals surface area contributed by atoms with Crippen LogP contribution in [0.1, 0.15) is 15.9 Å². The van der Waals surface area contributed by atoms with E-state index in [9.17, 15) is 4.79 Å². The lowest BCUT2D eigenvalue weighted by Crippen LogP contribution is -2.09. The van der Waals surface area contributed by atoms with Crippen LogP contribution < -0.4 is 10.5 Å². The van der Waals surface area contributed by atoms with Gasteiger partial charge in [0.2, 0.25) is 0 Å². The van der Waals surface area contributed by atoms with E-state index < -0.39 is 5.97 Å². The molecule has 0 radical (unpaired) electrons. The summed E-state index contributed by atoms with van der Waals surface area (Å²) in [5.41, 5.74) is 6.98. The molecule has 2 aromatic carbocycles. The Morgan fingerprint density at radius 3 is 2.81 bits per heavy atom. The van der Waals surface area contributed by atoms with Gasteiger partial charge >= 0.3 is 5.97 Å². The predicted molar refractivity (Wildman–Crippen MR) is 85.7 cm³/mol. The summed E-state index contributed by atoms with van der Waals surface area (Å²) in [7, 11) is 1.56. The third kappa shape index (κ3) is 3.68. The monoisotopic (exact) mass is 369 g/mol. The van der Waals surface area contributed by atoms with Crippen molar-refractivity contribution in [2.45, 2.75) is 6.61 Å². The zero-order valence-corrected chi connectivity index (χ0v) is 13.6. The number of benzene rings is 2. The molecule has 0 spiro atoms. The van der Waals surface area contributed by atoms with Crippen molar-refractivity contribution in [3.63, 3.8) is 0 Å². The van der Waals surface area contributed by atoms with Crippen molar-refractivity contribution < 1.29 is 14.3 Å². The SMILES string of the molecule is COc1ccc(Br)cc1COC(=O)c1cccc(Cl)c1N. The van der Waals surface area contributed by atoms with E-state index in [1.165, 1.54) is 0 Å². The van der Waals surface area contributed by atoms with Crippen LogP contribution in [0.3, 0.4) is 0 Å². The van der Waals surface area contributed by atoms with Gasteiger partial charge < -0.3 is 15.2 Å². The third-order valence-electron chi connectivity index (χ3n) is 2.87. The second-order valence-corrected chi connectivity index (χ2v) is 5.56. The standard InChI is InChI=1S/C15H13BrClNO3/c1-20-13-6-5-10(16)7-9(13)8-21-15(19)11-3-2-4-12(17)14(11)18/h2-7H,8,18H2,1H3. The van der Waals surface area contributed by atoms with Crippen LogP contribution in [-0.4, -0.2) is 13.1 Å². The fourth-order valence-electron chi connectivity index (χ4n) is 1.80. The molecule has 0 aliphatic rings. The molecule has 2 aromatic rings. The zero-order valence-electron chi connectivity index (χ0n) is 11.2. The molecule has 2 rings (SSSR count). The molecule has 0 fully saturated rings. The number of para-hydroxylation sites is 1. The van der Waals surface area contributed by atoms with E-state index in [1.807, 2.05) is 12.1 Å². The van der Waals surface area contributed by atoms with E-state index in [0.29, 0.717) is 10.8 Å². The van der Waals surface area contributed by atoms with Gasteiger partial charge in [-0.05, 0) is 30.3 Å². The largest absolute Gasteiger partial charge is 0.496 e. The molecule has 0 saturated heterocycles. The number of nitrogens with two attached hydrogens (primary N) is 1. The Hall–Kier alpha value is -1.72. The van der Waals surface area contributed by atoms with Gasteiger partial charge in [-0.15, -0.1) is 0 Å². The third-order valence-corrected chi connectivity index (χ3v) is 3.70. The first-order valence-corrected chi connectivity index (χ1v) is 7.23. The molecular formula is C15H13BrClNO3. The van der Waals surface area contributed by atoms with Crippen LogP contribution in [-0.2, 0) is 11.3 Å². The topological polar surface area (TPSA) is 61.5 Å². The van der Waals surface area contributed by atoms with Crippen LogP contribution in [0.2, 0.25) is 5.02 Å². The summed E-state index contributed by atoms with van der Waals surface area (Å²) < 4.78 is 11.4. The van der Waals surface area contributed by atoms with E-state index in [1.54, 1.807) is 31.4 Å². The summed E-state index contributed by atoms with van der Waals surface area (Å²) in [6.07, 6.45) is 0.